The summed E-state index contributed by atoms with van der Waals surface area (Å²) in [5.74, 6) is 0.238. The van der Waals surface area contributed by atoms with Crippen LogP contribution < -0.4 is 10.1 Å². The summed E-state index contributed by atoms with van der Waals surface area (Å²) in [6.45, 7) is 1.94. The van der Waals surface area contributed by atoms with Crippen LogP contribution in [-0.4, -0.2) is 29.3 Å². The molecule has 1 aromatic rings. The fourth-order valence-electron chi connectivity index (χ4n) is 2.39. The summed E-state index contributed by atoms with van der Waals surface area (Å²) in [6.07, 6.45) is 2.86. The molecule has 0 saturated heterocycles. The van der Waals surface area contributed by atoms with Gasteiger partial charge in [-0.25, -0.2) is 0 Å². The van der Waals surface area contributed by atoms with Crippen molar-refractivity contribution in [2.24, 2.45) is 0 Å². The van der Waals surface area contributed by atoms with Crippen LogP contribution in [-0.2, 0) is 4.79 Å². The highest BCUT2D eigenvalue weighted by Crippen LogP contribution is 2.28. The van der Waals surface area contributed by atoms with Gasteiger partial charge in [0.2, 0.25) is 0 Å². The fraction of sp³-hybridized carbons (Fsp3) is 0.533. The van der Waals surface area contributed by atoms with Crippen molar-refractivity contribution in [2.75, 3.05) is 6.54 Å². The molecule has 2 N–H and O–H groups in total. The van der Waals surface area contributed by atoms with E-state index in [-0.39, 0.29) is 12.5 Å². The van der Waals surface area contributed by atoms with E-state index in [0.29, 0.717) is 10.8 Å². The fourth-order valence-corrected chi connectivity index (χ4v) is 2.57. The molecular weight excluding hydrogens is 278 g/mol. The number of halogens is 1. The first-order chi connectivity index (χ1) is 9.50. The van der Waals surface area contributed by atoms with Gasteiger partial charge in [0.15, 0.2) is 6.10 Å². The third-order valence-corrected chi connectivity index (χ3v) is 3.95. The van der Waals surface area contributed by atoms with E-state index < -0.39 is 11.7 Å². The third-order valence-electron chi connectivity index (χ3n) is 3.64. The van der Waals surface area contributed by atoms with Gasteiger partial charge in [-0.3, -0.25) is 4.79 Å². The molecule has 4 nitrogen and oxygen atoms in total. The molecule has 0 heterocycles. The van der Waals surface area contributed by atoms with Crippen LogP contribution in [0.25, 0.3) is 0 Å². The van der Waals surface area contributed by atoms with E-state index in [1.165, 1.54) is 0 Å². The monoisotopic (exact) mass is 297 g/mol. The largest absolute Gasteiger partial charge is 0.479 e. The van der Waals surface area contributed by atoms with Crippen LogP contribution in [0.1, 0.15) is 32.6 Å². The Bertz CT molecular complexity index is 472. The standard InChI is InChI=1S/C15H20ClNO3/c1-11(20-13-7-3-2-6-12(13)16)14(18)17-10-15(19)8-4-5-9-15/h2-3,6-7,11,19H,4-5,8-10H2,1H3,(H,17,18). The van der Waals surface area contributed by atoms with Gasteiger partial charge in [0.25, 0.3) is 5.91 Å². The first kappa shape index (κ1) is 15.1. The van der Waals surface area contributed by atoms with E-state index in [2.05, 4.69) is 5.32 Å². The summed E-state index contributed by atoms with van der Waals surface area (Å²) in [7, 11) is 0. The van der Waals surface area contributed by atoms with Crippen molar-refractivity contribution in [3.8, 4) is 5.75 Å². The normalized spacial score (nSPS) is 18.6. The Morgan fingerprint density at radius 3 is 2.75 bits per heavy atom. The van der Waals surface area contributed by atoms with Crippen molar-refractivity contribution < 1.29 is 14.6 Å². The predicted octanol–water partition coefficient (Wildman–Crippen LogP) is 2.53. The van der Waals surface area contributed by atoms with Gasteiger partial charge in [0.05, 0.1) is 10.6 Å². The van der Waals surface area contributed by atoms with E-state index in [9.17, 15) is 9.90 Å². The van der Waals surface area contributed by atoms with Crippen LogP contribution >= 0.6 is 11.6 Å². The lowest BCUT2D eigenvalue weighted by Crippen LogP contribution is -2.45. The highest BCUT2D eigenvalue weighted by molar-refractivity contribution is 6.32. The molecule has 1 fully saturated rings. The summed E-state index contributed by atoms with van der Waals surface area (Å²) < 4.78 is 5.53. The van der Waals surface area contributed by atoms with Gasteiger partial charge in [-0.2, -0.15) is 0 Å². The molecule has 1 aromatic carbocycles. The van der Waals surface area contributed by atoms with E-state index in [4.69, 9.17) is 16.3 Å². The van der Waals surface area contributed by atoms with Gasteiger partial charge in [0, 0.05) is 6.54 Å². The Balaban J connectivity index is 1.84. The van der Waals surface area contributed by atoms with Gasteiger partial charge in [0.1, 0.15) is 5.75 Å². The van der Waals surface area contributed by atoms with Crippen molar-refractivity contribution in [1.29, 1.82) is 0 Å². The van der Waals surface area contributed by atoms with Gasteiger partial charge >= 0.3 is 0 Å². The summed E-state index contributed by atoms with van der Waals surface area (Å²) in [5.41, 5.74) is -0.750. The quantitative estimate of drug-likeness (QED) is 0.878. The summed E-state index contributed by atoms with van der Waals surface area (Å²) in [5, 5.41) is 13.4. The minimum Gasteiger partial charge on any atom is -0.479 e. The molecule has 110 valence electrons. The van der Waals surface area contributed by atoms with Crippen molar-refractivity contribution >= 4 is 17.5 Å². The highest BCUT2D eigenvalue weighted by atomic mass is 35.5. The lowest BCUT2D eigenvalue weighted by molar-refractivity contribution is -0.128. The molecule has 1 atom stereocenters. The van der Waals surface area contributed by atoms with Crippen molar-refractivity contribution in [3.05, 3.63) is 29.3 Å². The molecule has 1 aliphatic rings. The second kappa shape index (κ2) is 6.46. The maximum atomic E-state index is 12.0. The van der Waals surface area contributed by atoms with E-state index in [0.717, 1.165) is 25.7 Å². The number of benzene rings is 1. The van der Waals surface area contributed by atoms with Crippen LogP contribution in [0, 0.1) is 0 Å². The average molecular weight is 298 g/mol. The van der Waals surface area contributed by atoms with E-state index >= 15 is 0 Å². The zero-order valence-electron chi connectivity index (χ0n) is 11.6. The molecule has 0 bridgehead atoms. The van der Waals surface area contributed by atoms with Gasteiger partial charge < -0.3 is 15.2 Å². The second-order valence-corrected chi connectivity index (χ2v) is 5.75. The van der Waals surface area contributed by atoms with Gasteiger partial charge in [-0.1, -0.05) is 36.6 Å². The molecule has 0 radical (unpaired) electrons. The lowest BCUT2D eigenvalue weighted by Gasteiger charge is -2.23. The molecule has 0 aliphatic heterocycles. The van der Waals surface area contributed by atoms with Crippen molar-refractivity contribution in [1.82, 2.24) is 5.32 Å². The minimum absolute atomic E-state index is 0.245. The predicted molar refractivity (Wildman–Crippen MR) is 78.0 cm³/mol. The molecule has 0 spiro atoms. The Morgan fingerprint density at radius 2 is 2.10 bits per heavy atom. The Morgan fingerprint density at radius 1 is 1.45 bits per heavy atom. The number of ether oxygens (including phenoxy) is 1. The minimum atomic E-state index is -0.750. The molecule has 0 aromatic heterocycles. The van der Waals surface area contributed by atoms with Crippen molar-refractivity contribution in [2.45, 2.75) is 44.3 Å². The summed E-state index contributed by atoms with van der Waals surface area (Å²) in [4.78, 5) is 12.0. The smallest absolute Gasteiger partial charge is 0.260 e. The molecule has 2 rings (SSSR count). The molecule has 1 unspecified atom stereocenters. The molecule has 1 aliphatic carbocycles. The number of para-hydroxylation sites is 1. The lowest BCUT2D eigenvalue weighted by atomic mass is 10.0. The van der Waals surface area contributed by atoms with Crippen LogP contribution in [0.4, 0.5) is 0 Å². The van der Waals surface area contributed by atoms with Gasteiger partial charge in [-0.15, -0.1) is 0 Å². The number of rotatable bonds is 5. The first-order valence-corrected chi connectivity index (χ1v) is 7.29. The number of amides is 1. The molecule has 20 heavy (non-hydrogen) atoms. The maximum Gasteiger partial charge on any atom is 0.260 e. The SMILES string of the molecule is CC(Oc1ccccc1Cl)C(=O)NCC1(O)CCCC1. The van der Waals surface area contributed by atoms with Gasteiger partial charge in [-0.05, 0) is 31.9 Å². The van der Waals surface area contributed by atoms with Crippen LogP contribution in [0.5, 0.6) is 5.75 Å². The number of aliphatic hydroxyl groups is 1. The second-order valence-electron chi connectivity index (χ2n) is 5.34. The van der Waals surface area contributed by atoms with E-state index in [1.54, 1.807) is 31.2 Å². The number of nitrogens with one attached hydrogen (secondary N) is 1. The number of hydrogen-bond donors (Lipinski definition) is 2. The average Bonchev–Trinajstić information content (AvgIpc) is 2.86. The summed E-state index contributed by atoms with van der Waals surface area (Å²) in [6, 6.07) is 7.03. The molecular formula is C15H20ClNO3. The topological polar surface area (TPSA) is 58.6 Å². The molecule has 5 heteroatoms. The van der Waals surface area contributed by atoms with E-state index in [1.807, 2.05) is 0 Å². The Hall–Kier alpha value is -1.26. The number of carbonyl (C=O) groups excluding carboxylic acids is 1. The maximum absolute atomic E-state index is 12.0. The Kier molecular flexibility index (Phi) is 4.89. The zero-order chi connectivity index (χ0) is 14.6. The first-order valence-electron chi connectivity index (χ1n) is 6.91. The van der Waals surface area contributed by atoms with Crippen LogP contribution in [0.3, 0.4) is 0 Å². The summed E-state index contributed by atoms with van der Waals surface area (Å²) >= 11 is 5.98. The zero-order valence-corrected chi connectivity index (χ0v) is 12.3. The number of carbonyl (C=O) groups is 1. The van der Waals surface area contributed by atoms with Crippen LogP contribution in [0.15, 0.2) is 24.3 Å². The molecule has 1 amide bonds. The van der Waals surface area contributed by atoms with Crippen LogP contribution in [0.2, 0.25) is 5.02 Å². The molecule has 1 saturated carbocycles. The highest BCUT2D eigenvalue weighted by Gasteiger charge is 2.32. The Labute approximate surface area is 124 Å². The van der Waals surface area contributed by atoms with Crippen molar-refractivity contribution in [3.63, 3.8) is 0 Å². The third kappa shape index (κ3) is 3.87. The number of hydrogen-bond acceptors (Lipinski definition) is 3.